The molecule has 186 valence electrons. The van der Waals surface area contributed by atoms with Crippen LogP contribution in [0.2, 0.25) is 0 Å². The van der Waals surface area contributed by atoms with E-state index in [-0.39, 0.29) is 5.69 Å². The average molecular weight is 505 g/mol. The molecule has 6 nitrogen and oxygen atoms in total. The minimum absolute atomic E-state index is 0.170. The predicted molar refractivity (Wildman–Crippen MR) is 133 cm³/mol. The minimum atomic E-state index is -4.76. The van der Waals surface area contributed by atoms with Crippen molar-refractivity contribution in [3.05, 3.63) is 102 Å². The highest BCUT2D eigenvalue weighted by atomic mass is 19.4. The first-order valence-electron chi connectivity index (χ1n) is 11.1. The van der Waals surface area contributed by atoms with E-state index < -0.39 is 29.0 Å². The standard InChI is InChI=1S/C27H19F4N5O/c1-32-19-10-11-33-23(14-19)25-34-15-24-20(3-2-12-36(24)25)16-4-9-22(27(29,30)31)21(13-16)26(37)35-18-7-5-17(28)6-8-18/h2-15H,1H3,(H,32,33)(H,35,37). The highest BCUT2D eigenvalue weighted by molar-refractivity contribution is 6.06. The van der Waals surface area contributed by atoms with Gasteiger partial charge in [0, 0.05) is 36.4 Å². The van der Waals surface area contributed by atoms with E-state index in [0.717, 1.165) is 23.9 Å². The second kappa shape index (κ2) is 9.38. The van der Waals surface area contributed by atoms with Crippen molar-refractivity contribution in [2.75, 3.05) is 17.7 Å². The van der Waals surface area contributed by atoms with Gasteiger partial charge in [0.25, 0.3) is 5.91 Å². The van der Waals surface area contributed by atoms with E-state index in [4.69, 9.17) is 0 Å². The Balaban J connectivity index is 1.59. The van der Waals surface area contributed by atoms with Crippen molar-refractivity contribution >= 4 is 22.8 Å². The molecule has 3 aromatic heterocycles. The second-order valence-corrected chi connectivity index (χ2v) is 8.16. The van der Waals surface area contributed by atoms with Gasteiger partial charge >= 0.3 is 6.18 Å². The summed E-state index contributed by atoms with van der Waals surface area (Å²) in [6.07, 6.45) is 0.275. The summed E-state index contributed by atoms with van der Waals surface area (Å²) >= 11 is 0. The van der Waals surface area contributed by atoms with Crippen LogP contribution < -0.4 is 10.6 Å². The van der Waals surface area contributed by atoms with Gasteiger partial charge in [-0.3, -0.25) is 14.2 Å². The van der Waals surface area contributed by atoms with Crippen LogP contribution in [0.15, 0.2) is 85.3 Å². The number of nitrogens with zero attached hydrogens (tertiary/aromatic N) is 3. The average Bonchev–Trinajstić information content (AvgIpc) is 3.33. The molecule has 0 saturated heterocycles. The van der Waals surface area contributed by atoms with Crippen LogP contribution in [0.1, 0.15) is 15.9 Å². The Morgan fingerprint density at radius 2 is 1.73 bits per heavy atom. The number of carbonyl (C=O) groups excluding carboxylic acids is 1. The van der Waals surface area contributed by atoms with Crippen molar-refractivity contribution in [2.24, 2.45) is 0 Å². The lowest BCUT2D eigenvalue weighted by molar-refractivity contribution is -0.137. The molecular formula is C27H19F4N5O. The van der Waals surface area contributed by atoms with Gasteiger partial charge in [-0.25, -0.2) is 9.37 Å². The third kappa shape index (κ3) is 4.73. The minimum Gasteiger partial charge on any atom is -0.388 e. The Morgan fingerprint density at radius 3 is 2.46 bits per heavy atom. The third-order valence-corrected chi connectivity index (χ3v) is 5.83. The number of fused-ring (bicyclic) bond motifs is 1. The van der Waals surface area contributed by atoms with Gasteiger partial charge in [0.2, 0.25) is 0 Å². The smallest absolute Gasteiger partial charge is 0.388 e. The molecule has 0 radical (unpaired) electrons. The molecule has 0 aliphatic heterocycles. The van der Waals surface area contributed by atoms with E-state index >= 15 is 0 Å². The number of pyridine rings is 2. The van der Waals surface area contributed by atoms with Crippen LogP contribution in [0, 0.1) is 5.82 Å². The summed E-state index contributed by atoms with van der Waals surface area (Å²) in [5.41, 5.74) is 1.59. The van der Waals surface area contributed by atoms with Crippen LogP contribution in [0.5, 0.6) is 0 Å². The molecular weight excluding hydrogens is 486 g/mol. The number of hydrogen-bond donors (Lipinski definition) is 2. The molecule has 5 rings (SSSR count). The highest BCUT2D eigenvalue weighted by Gasteiger charge is 2.35. The number of alkyl halides is 3. The van der Waals surface area contributed by atoms with Crippen LogP contribution in [0.4, 0.5) is 28.9 Å². The number of hydrogen-bond acceptors (Lipinski definition) is 4. The maximum Gasteiger partial charge on any atom is 0.417 e. The summed E-state index contributed by atoms with van der Waals surface area (Å²) in [5, 5.41) is 5.46. The summed E-state index contributed by atoms with van der Waals surface area (Å²) in [6, 6.07) is 15.3. The van der Waals surface area contributed by atoms with Gasteiger partial charge in [-0.1, -0.05) is 12.1 Å². The van der Waals surface area contributed by atoms with E-state index in [1.54, 1.807) is 42.2 Å². The summed E-state index contributed by atoms with van der Waals surface area (Å²) in [5.74, 6) is -0.942. The molecule has 2 aromatic carbocycles. The maximum atomic E-state index is 13.8. The Hall–Kier alpha value is -4.73. The molecule has 0 aliphatic carbocycles. The molecule has 0 aliphatic rings. The zero-order valence-electron chi connectivity index (χ0n) is 19.3. The van der Waals surface area contributed by atoms with Crippen LogP contribution >= 0.6 is 0 Å². The summed E-state index contributed by atoms with van der Waals surface area (Å²) in [4.78, 5) is 21.8. The SMILES string of the molecule is CNc1ccnc(-c2ncc3c(-c4ccc(C(F)(F)F)c(C(=O)Nc5ccc(F)cc5)c4)cccn23)c1. The molecule has 0 bridgehead atoms. The Kier molecular flexibility index (Phi) is 6.08. The van der Waals surface area contributed by atoms with E-state index in [9.17, 15) is 22.4 Å². The number of halogens is 4. The number of benzene rings is 2. The normalized spacial score (nSPS) is 11.5. The summed E-state index contributed by atoms with van der Waals surface area (Å²) in [6.45, 7) is 0. The molecule has 5 aromatic rings. The second-order valence-electron chi connectivity index (χ2n) is 8.16. The molecule has 2 N–H and O–H groups in total. The Bertz CT molecular complexity index is 1610. The number of amides is 1. The molecule has 37 heavy (non-hydrogen) atoms. The van der Waals surface area contributed by atoms with Crippen molar-refractivity contribution in [1.29, 1.82) is 0 Å². The molecule has 0 atom stereocenters. The highest BCUT2D eigenvalue weighted by Crippen LogP contribution is 2.36. The molecule has 10 heteroatoms. The number of nitrogens with one attached hydrogen (secondary N) is 2. The van der Waals surface area contributed by atoms with Gasteiger partial charge in [-0.05, 0) is 60.2 Å². The fourth-order valence-corrected chi connectivity index (χ4v) is 4.04. The number of rotatable bonds is 5. The van der Waals surface area contributed by atoms with E-state index in [0.29, 0.717) is 28.2 Å². The number of aromatic nitrogens is 3. The lowest BCUT2D eigenvalue weighted by Gasteiger charge is -2.15. The van der Waals surface area contributed by atoms with Gasteiger partial charge in [-0.15, -0.1) is 0 Å². The molecule has 1 amide bonds. The predicted octanol–water partition coefficient (Wildman–Crippen LogP) is 6.52. The van der Waals surface area contributed by atoms with Gasteiger partial charge in [0.1, 0.15) is 11.5 Å². The molecule has 0 fully saturated rings. The maximum absolute atomic E-state index is 13.8. The number of anilines is 2. The first kappa shape index (κ1) is 24.0. The molecule has 3 heterocycles. The Morgan fingerprint density at radius 1 is 0.946 bits per heavy atom. The number of carbonyl (C=O) groups is 1. The van der Waals surface area contributed by atoms with Crippen LogP contribution in [0.25, 0.3) is 28.2 Å². The third-order valence-electron chi connectivity index (χ3n) is 5.83. The monoisotopic (exact) mass is 505 g/mol. The van der Waals surface area contributed by atoms with E-state index in [1.165, 1.54) is 24.3 Å². The molecule has 0 unspecified atom stereocenters. The van der Waals surface area contributed by atoms with Crippen LogP contribution in [0.3, 0.4) is 0 Å². The largest absolute Gasteiger partial charge is 0.417 e. The Labute approximate surface area is 208 Å². The van der Waals surface area contributed by atoms with Crippen molar-refractivity contribution in [2.45, 2.75) is 6.18 Å². The van der Waals surface area contributed by atoms with Gasteiger partial charge in [0.05, 0.1) is 22.8 Å². The summed E-state index contributed by atoms with van der Waals surface area (Å²) < 4.78 is 56.3. The lowest BCUT2D eigenvalue weighted by Crippen LogP contribution is -2.19. The van der Waals surface area contributed by atoms with Gasteiger partial charge in [-0.2, -0.15) is 13.2 Å². The number of imidazole rings is 1. The topological polar surface area (TPSA) is 71.3 Å². The summed E-state index contributed by atoms with van der Waals surface area (Å²) in [7, 11) is 1.79. The van der Waals surface area contributed by atoms with Gasteiger partial charge < -0.3 is 10.6 Å². The van der Waals surface area contributed by atoms with Crippen LogP contribution in [-0.2, 0) is 6.18 Å². The zero-order chi connectivity index (χ0) is 26.2. The van der Waals surface area contributed by atoms with Crippen LogP contribution in [-0.4, -0.2) is 27.3 Å². The first-order chi connectivity index (χ1) is 17.7. The lowest BCUT2D eigenvalue weighted by atomic mass is 9.98. The van der Waals surface area contributed by atoms with Crippen molar-refractivity contribution in [3.63, 3.8) is 0 Å². The first-order valence-corrected chi connectivity index (χ1v) is 11.1. The van der Waals surface area contributed by atoms with Crippen molar-refractivity contribution in [3.8, 4) is 22.6 Å². The quantitative estimate of drug-likeness (QED) is 0.267. The fourth-order valence-electron chi connectivity index (χ4n) is 4.04. The molecule has 0 spiro atoms. The van der Waals surface area contributed by atoms with Crippen molar-refractivity contribution in [1.82, 2.24) is 14.4 Å². The van der Waals surface area contributed by atoms with Gasteiger partial charge in [0.15, 0.2) is 5.82 Å². The van der Waals surface area contributed by atoms with Crippen molar-refractivity contribution < 1.29 is 22.4 Å². The fraction of sp³-hybridized carbons (Fsp3) is 0.0741. The zero-order valence-corrected chi connectivity index (χ0v) is 19.3. The van der Waals surface area contributed by atoms with E-state index in [2.05, 4.69) is 20.6 Å². The van der Waals surface area contributed by atoms with E-state index in [1.807, 2.05) is 12.1 Å². The molecule has 0 saturated carbocycles.